The van der Waals surface area contributed by atoms with Gasteiger partial charge >= 0.3 is 11.9 Å². The van der Waals surface area contributed by atoms with Crippen molar-refractivity contribution in [3.8, 4) is 5.75 Å². The number of carbonyl (C=O) groups is 3. The third-order valence-corrected chi connectivity index (χ3v) is 7.42. The Labute approximate surface area is 241 Å². The third kappa shape index (κ3) is 9.07. The maximum atomic E-state index is 11.8. The van der Waals surface area contributed by atoms with Crippen LogP contribution < -0.4 is 4.74 Å². The number of carbonyl (C=O) groups excluding carboxylic acids is 1. The average molecular weight is 556 g/mol. The van der Waals surface area contributed by atoms with Crippen LogP contribution in [-0.2, 0) is 17.6 Å². The maximum Gasteiger partial charge on any atom is 0.335 e. The number of carboxylic acid groups (broad SMARTS) is 2. The van der Waals surface area contributed by atoms with Gasteiger partial charge in [0.1, 0.15) is 5.75 Å². The molecule has 1 saturated heterocycles. The predicted octanol–water partition coefficient (Wildman–Crippen LogP) is 6.37. The Kier molecular flexibility index (Phi) is 10.7. The normalized spacial score (nSPS) is 14.0. The highest BCUT2D eigenvalue weighted by Crippen LogP contribution is 2.24. The summed E-state index contributed by atoms with van der Waals surface area (Å²) in [6.45, 7) is 2.24. The molecule has 1 amide bonds. The van der Waals surface area contributed by atoms with Crippen molar-refractivity contribution in [1.82, 2.24) is 4.90 Å². The van der Waals surface area contributed by atoms with E-state index in [9.17, 15) is 24.6 Å². The molecule has 0 bridgehead atoms. The molecule has 41 heavy (non-hydrogen) atoms. The van der Waals surface area contributed by atoms with Crippen LogP contribution in [0.2, 0.25) is 0 Å². The number of allylic oxidation sites excluding steroid dienone is 1. The van der Waals surface area contributed by atoms with E-state index >= 15 is 0 Å². The number of unbranched alkanes of at least 4 members (excludes halogenated alkanes) is 1. The Morgan fingerprint density at radius 3 is 2.17 bits per heavy atom. The molecule has 1 aliphatic rings. The third-order valence-electron chi connectivity index (χ3n) is 7.42. The van der Waals surface area contributed by atoms with E-state index in [1.807, 2.05) is 53.4 Å². The summed E-state index contributed by atoms with van der Waals surface area (Å²) in [6, 6.07) is 21.9. The summed E-state index contributed by atoms with van der Waals surface area (Å²) in [7, 11) is 0. The fourth-order valence-corrected chi connectivity index (χ4v) is 5.04. The standard InChI is InChI=1S/C34H37NO6/c36-32-8-5-22-35(32)21-3-4-23-41-31-7-2-1-6-28(31)16-13-26(24-27-14-19-30(20-15-27)34(39)40)10-9-25-11-17-29(18-12-25)33(37)38/h1-2,6-7,11-20,26H,3-5,8-10,21-24H2,(H,37,38)(H,39,40)/b16-13+. The molecule has 3 aromatic rings. The van der Waals surface area contributed by atoms with Gasteiger partial charge in [0.05, 0.1) is 17.7 Å². The van der Waals surface area contributed by atoms with Gasteiger partial charge in [-0.1, -0.05) is 54.6 Å². The van der Waals surface area contributed by atoms with Gasteiger partial charge in [-0.15, -0.1) is 0 Å². The maximum absolute atomic E-state index is 11.8. The number of aromatic carboxylic acids is 2. The topological polar surface area (TPSA) is 104 Å². The molecule has 1 aliphatic heterocycles. The highest BCUT2D eigenvalue weighted by Gasteiger charge is 2.19. The SMILES string of the molecule is O=C(O)c1ccc(CCC(/C=C/c2ccccc2OCCCCN2CCCC2=O)Cc2ccc(C(=O)O)cc2)cc1. The van der Waals surface area contributed by atoms with Crippen molar-refractivity contribution in [1.29, 1.82) is 0 Å². The quantitative estimate of drug-likeness (QED) is 0.211. The second-order valence-electron chi connectivity index (χ2n) is 10.4. The van der Waals surface area contributed by atoms with Crippen molar-refractivity contribution in [3.05, 3.63) is 107 Å². The van der Waals surface area contributed by atoms with Crippen molar-refractivity contribution >= 4 is 23.9 Å². The van der Waals surface area contributed by atoms with E-state index in [-0.39, 0.29) is 23.0 Å². The van der Waals surface area contributed by atoms with Gasteiger partial charge in [-0.25, -0.2) is 9.59 Å². The first kappa shape index (κ1) is 29.6. The molecular formula is C34H37NO6. The molecule has 214 valence electrons. The van der Waals surface area contributed by atoms with E-state index in [1.54, 1.807) is 24.3 Å². The van der Waals surface area contributed by atoms with E-state index in [0.29, 0.717) is 13.0 Å². The average Bonchev–Trinajstić information content (AvgIpc) is 3.39. The van der Waals surface area contributed by atoms with Crippen molar-refractivity contribution in [2.75, 3.05) is 19.7 Å². The van der Waals surface area contributed by atoms with Crippen molar-refractivity contribution < 1.29 is 29.3 Å². The number of rotatable bonds is 15. The second-order valence-corrected chi connectivity index (χ2v) is 10.4. The number of aryl methyl sites for hydroxylation is 1. The van der Waals surface area contributed by atoms with Gasteiger partial charge in [0.25, 0.3) is 0 Å². The summed E-state index contributed by atoms with van der Waals surface area (Å²) in [5.41, 5.74) is 3.63. The lowest BCUT2D eigenvalue weighted by atomic mass is 9.91. The number of nitrogens with zero attached hydrogens (tertiary/aromatic N) is 1. The Hall–Kier alpha value is -4.39. The van der Waals surface area contributed by atoms with E-state index < -0.39 is 11.9 Å². The lowest BCUT2D eigenvalue weighted by Crippen LogP contribution is -2.25. The monoisotopic (exact) mass is 555 g/mol. The first-order chi connectivity index (χ1) is 19.9. The number of hydrogen-bond acceptors (Lipinski definition) is 4. The molecular weight excluding hydrogens is 518 g/mol. The minimum Gasteiger partial charge on any atom is -0.493 e. The smallest absolute Gasteiger partial charge is 0.335 e. The largest absolute Gasteiger partial charge is 0.493 e. The molecule has 0 aliphatic carbocycles. The van der Waals surface area contributed by atoms with E-state index in [4.69, 9.17) is 4.74 Å². The number of carboxylic acids is 2. The summed E-state index contributed by atoms with van der Waals surface area (Å²) in [4.78, 5) is 36.2. The number of ether oxygens (including phenoxy) is 1. The number of amides is 1. The Morgan fingerprint density at radius 1 is 0.878 bits per heavy atom. The summed E-state index contributed by atoms with van der Waals surface area (Å²) < 4.78 is 6.12. The minimum atomic E-state index is -0.945. The molecule has 7 heteroatoms. The molecule has 7 nitrogen and oxygen atoms in total. The molecule has 2 N–H and O–H groups in total. The Balaban J connectivity index is 1.40. The van der Waals surface area contributed by atoms with Crippen LogP contribution in [0, 0.1) is 5.92 Å². The molecule has 1 unspecified atom stereocenters. The van der Waals surface area contributed by atoms with Crippen LogP contribution in [0.5, 0.6) is 5.75 Å². The van der Waals surface area contributed by atoms with Gasteiger partial charge < -0.3 is 19.8 Å². The molecule has 4 rings (SSSR count). The summed E-state index contributed by atoms with van der Waals surface area (Å²) in [5, 5.41) is 18.4. The van der Waals surface area contributed by atoms with Crippen LogP contribution in [-0.4, -0.2) is 52.7 Å². The fraction of sp³-hybridized carbons (Fsp3) is 0.324. The first-order valence-electron chi connectivity index (χ1n) is 14.2. The lowest BCUT2D eigenvalue weighted by molar-refractivity contribution is -0.127. The van der Waals surface area contributed by atoms with Crippen molar-refractivity contribution in [3.63, 3.8) is 0 Å². The summed E-state index contributed by atoms with van der Waals surface area (Å²) >= 11 is 0. The molecule has 1 fully saturated rings. The van der Waals surface area contributed by atoms with Gasteiger partial charge in [-0.2, -0.15) is 0 Å². The van der Waals surface area contributed by atoms with Crippen LogP contribution in [0.3, 0.4) is 0 Å². The Morgan fingerprint density at radius 2 is 1.54 bits per heavy atom. The van der Waals surface area contributed by atoms with Gasteiger partial charge in [-0.3, -0.25) is 4.79 Å². The number of para-hydroxylation sites is 1. The van der Waals surface area contributed by atoms with Gasteiger partial charge in [-0.05, 0) is 85.9 Å². The number of likely N-dealkylation sites (tertiary alicyclic amines) is 1. The highest BCUT2D eigenvalue weighted by molar-refractivity contribution is 5.88. The van der Waals surface area contributed by atoms with Crippen LogP contribution in [0.4, 0.5) is 0 Å². The molecule has 0 saturated carbocycles. The minimum absolute atomic E-state index is 0.163. The predicted molar refractivity (Wildman–Crippen MR) is 158 cm³/mol. The number of benzene rings is 3. The van der Waals surface area contributed by atoms with Gasteiger partial charge in [0, 0.05) is 25.1 Å². The van der Waals surface area contributed by atoms with Crippen LogP contribution in [0.1, 0.15) is 69.5 Å². The van der Waals surface area contributed by atoms with E-state index in [0.717, 1.165) is 74.1 Å². The molecule has 0 aromatic heterocycles. The molecule has 1 atom stereocenters. The zero-order valence-electron chi connectivity index (χ0n) is 23.2. The first-order valence-corrected chi connectivity index (χ1v) is 14.2. The Bertz CT molecular complexity index is 1350. The van der Waals surface area contributed by atoms with Crippen LogP contribution in [0.15, 0.2) is 78.9 Å². The lowest BCUT2D eigenvalue weighted by Gasteiger charge is -2.16. The van der Waals surface area contributed by atoms with Gasteiger partial charge in [0.2, 0.25) is 5.91 Å². The second kappa shape index (κ2) is 14.8. The summed E-state index contributed by atoms with van der Waals surface area (Å²) in [6.07, 6.45) is 10.0. The van der Waals surface area contributed by atoms with E-state index in [1.165, 1.54) is 0 Å². The molecule has 0 radical (unpaired) electrons. The molecule has 3 aromatic carbocycles. The highest BCUT2D eigenvalue weighted by atomic mass is 16.5. The van der Waals surface area contributed by atoms with Crippen molar-refractivity contribution in [2.45, 2.75) is 44.9 Å². The molecule has 0 spiro atoms. The summed E-state index contributed by atoms with van der Waals surface area (Å²) in [5.74, 6) is -0.652. The zero-order chi connectivity index (χ0) is 29.0. The number of hydrogen-bond donors (Lipinski definition) is 2. The zero-order valence-corrected chi connectivity index (χ0v) is 23.2. The van der Waals surface area contributed by atoms with E-state index in [2.05, 4.69) is 12.2 Å². The van der Waals surface area contributed by atoms with Crippen LogP contribution >= 0.6 is 0 Å². The molecule has 1 heterocycles. The van der Waals surface area contributed by atoms with Crippen molar-refractivity contribution in [2.24, 2.45) is 5.92 Å². The van der Waals surface area contributed by atoms with Crippen LogP contribution in [0.25, 0.3) is 6.08 Å². The van der Waals surface area contributed by atoms with Gasteiger partial charge in [0.15, 0.2) is 0 Å². The fourth-order valence-electron chi connectivity index (χ4n) is 5.04.